The highest BCUT2D eigenvalue weighted by Crippen LogP contribution is 2.21. The van der Waals surface area contributed by atoms with Crippen LogP contribution in [0.1, 0.15) is 28.4 Å². The minimum Gasteiger partial charge on any atom is -0.326 e. The molecule has 26 heavy (non-hydrogen) atoms. The highest BCUT2D eigenvalue weighted by atomic mass is 16.2. The first-order valence-electron chi connectivity index (χ1n) is 7.97. The number of carbonyl (C=O) groups is 2. The molecule has 8 nitrogen and oxygen atoms in total. The van der Waals surface area contributed by atoms with Crippen LogP contribution in [0.3, 0.4) is 0 Å². The Kier molecular flexibility index (Phi) is 4.74. The molecule has 1 aromatic heterocycles. The summed E-state index contributed by atoms with van der Waals surface area (Å²) in [4.78, 5) is 23.9. The van der Waals surface area contributed by atoms with Gasteiger partial charge in [-0.25, -0.2) is 4.68 Å². The number of hydrogen-bond acceptors (Lipinski definition) is 5. The quantitative estimate of drug-likeness (QED) is 0.753. The lowest BCUT2D eigenvalue weighted by atomic mass is 10.1. The highest BCUT2D eigenvalue weighted by Gasteiger charge is 2.11. The Morgan fingerprint density at radius 1 is 1.00 bits per heavy atom. The van der Waals surface area contributed by atoms with Gasteiger partial charge in [-0.2, -0.15) is 0 Å². The lowest BCUT2D eigenvalue weighted by Gasteiger charge is -2.11. The summed E-state index contributed by atoms with van der Waals surface area (Å²) in [5, 5.41) is 16.7. The van der Waals surface area contributed by atoms with Crippen LogP contribution in [-0.4, -0.2) is 32.0 Å². The number of carbonyl (C=O) groups excluding carboxylic acids is 2. The summed E-state index contributed by atoms with van der Waals surface area (Å²) in [5.41, 5.74) is 4.31. The fourth-order valence-corrected chi connectivity index (χ4v) is 2.50. The minimum atomic E-state index is -0.275. The van der Waals surface area contributed by atoms with E-state index in [1.54, 1.807) is 24.3 Å². The molecule has 0 saturated carbocycles. The summed E-state index contributed by atoms with van der Waals surface area (Å²) < 4.78 is 1.53. The molecule has 0 unspecified atom stereocenters. The zero-order valence-electron chi connectivity index (χ0n) is 14.6. The molecule has 8 heteroatoms. The van der Waals surface area contributed by atoms with Crippen molar-refractivity contribution in [2.45, 2.75) is 20.8 Å². The average molecular weight is 350 g/mol. The monoisotopic (exact) mass is 350 g/mol. The van der Waals surface area contributed by atoms with Gasteiger partial charge in [-0.05, 0) is 59.7 Å². The molecule has 0 radical (unpaired) electrons. The number of aromatic nitrogens is 4. The molecule has 2 aromatic carbocycles. The largest absolute Gasteiger partial charge is 0.326 e. The number of rotatable bonds is 4. The van der Waals surface area contributed by atoms with Gasteiger partial charge in [-0.1, -0.05) is 12.1 Å². The fourth-order valence-electron chi connectivity index (χ4n) is 2.50. The van der Waals surface area contributed by atoms with E-state index < -0.39 is 0 Å². The van der Waals surface area contributed by atoms with Gasteiger partial charge in [0.1, 0.15) is 6.33 Å². The van der Waals surface area contributed by atoms with Crippen molar-refractivity contribution in [3.63, 3.8) is 0 Å². The summed E-state index contributed by atoms with van der Waals surface area (Å²) in [5.74, 6) is -0.460. The second-order valence-corrected chi connectivity index (χ2v) is 5.92. The number of nitrogens with one attached hydrogen (secondary N) is 2. The van der Waals surface area contributed by atoms with Crippen LogP contribution in [0.4, 0.5) is 11.4 Å². The molecule has 0 bridgehead atoms. The van der Waals surface area contributed by atoms with Crippen LogP contribution >= 0.6 is 0 Å². The van der Waals surface area contributed by atoms with Gasteiger partial charge in [0.05, 0.1) is 5.69 Å². The van der Waals surface area contributed by atoms with Gasteiger partial charge in [0.25, 0.3) is 5.91 Å². The van der Waals surface area contributed by atoms with Crippen molar-refractivity contribution in [3.8, 4) is 5.69 Å². The molecule has 3 rings (SSSR count). The number of hydrogen-bond donors (Lipinski definition) is 2. The second-order valence-electron chi connectivity index (χ2n) is 5.92. The van der Waals surface area contributed by atoms with Gasteiger partial charge in [0.15, 0.2) is 0 Å². The molecular weight excluding hydrogens is 332 g/mol. The van der Waals surface area contributed by atoms with Gasteiger partial charge >= 0.3 is 0 Å². The normalized spacial score (nSPS) is 10.4. The summed E-state index contributed by atoms with van der Waals surface area (Å²) in [7, 11) is 0. The lowest BCUT2D eigenvalue weighted by molar-refractivity contribution is -0.114. The van der Waals surface area contributed by atoms with Gasteiger partial charge in [-0.15, -0.1) is 5.10 Å². The molecule has 2 amide bonds. The number of nitrogens with zero attached hydrogens (tertiary/aromatic N) is 4. The van der Waals surface area contributed by atoms with E-state index in [0.717, 1.165) is 16.8 Å². The Balaban J connectivity index is 1.84. The van der Waals surface area contributed by atoms with Crippen molar-refractivity contribution >= 4 is 23.2 Å². The van der Waals surface area contributed by atoms with Crippen molar-refractivity contribution in [2.75, 3.05) is 10.6 Å². The van der Waals surface area contributed by atoms with E-state index in [1.807, 2.05) is 26.0 Å². The van der Waals surface area contributed by atoms with E-state index in [1.165, 1.54) is 17.9 Å². The molecule has 0 spiro atoms. The SMILES string of the molecule is CC(=O)Nc1cc(C(=O)Nc2ccc(C)c(-n3cnnn3)c2)ccc1C. The number of amides is 2. The van der Waals surface area contributed by atoms with Gasteiger partial charge in [0.2, 0.25) is 5.91 Å². The average Bonchev–Trinajstić information content (AvgIpc) is 3.12. The predicted molar refractivity (Wildman–Crippen MR) is 97.3 cm³/mol. The Morgan fingerprint density at radius 3 is 2.46 bits per heavy atom. The Labute approximate surface area is 150 Å². The second kappa shape index (κ2) is 7.14. The third-order valence-electron chi connectivity index (χ3n) is 3.87. The number of anilines is 2. The third kappa shape index (κ3) is 3.75. The zero-order chi connectivity index (χ0) is 18.7. The van der Waals surface area contributed by atoms with E-state index in [0.29, 0.717) is 16.9 Å². The van der Waals surface area contributed by atoms with Crippen LogP contribution in [-0.2, 0) is 4.79 Å². The topological polar surface area (TPSA) is 102 Å². The number of aryl methyl sites for hydroxylation is 2. The van der Waals surface area contributed by atoms with Crippen LogP contribution in [0.25, 0.3) is 5.69 Å². The van der Waals surface area contributed by atoms with E-state index in [4.69, 9.17) is 0 Å². The molecule has 0 aliphatic rings. The van der Waals surface area contributed by atoms with Crippen LogP contribution in [0.2, 0.25) is 0 Å². The maximum Gasteiger partial charge on any atom is 0.255 e. The predicted octanol–water partition coefficient (Wildman–Crippen LogP) is 2.49. The molecule has 132 valence electrons. The van der Waals surface area contributed by atoms with E-state index in [-0.39, 0.29) is 11.8 Å². The molecule has 2 N–H and O–H groups in total. The van der Waals surface area contributed by atoms with Gasteiger partial charge in [0, 0.05) is 23.9 Å². The third-order valence-corrected chi connectivity index (χ3v) is 3.87. The fraction of sp³-hybridized carbons (Fsp3) is 0.167. The first-order chi connectivity index (χ1) is 12.4. The molecule has 0 aliphatic carbocycles. The van der Waals surface area contributed by atoms with E-state index >= 15 is 0 Å². The molecule has 0 fully saturated rings. The van der Waals surface area contributed by atoms with Crippen molar-refractivity contribution in [1.82, 2.24) is 20.2 Å². The molecular formula is C18H18N6O2. The maximum atomic E-state index is 12.6. The number of tetrazole rings is 1. The standard InChI is InChI=1S/C18H18N6O2/c1-11-4-6-14(8-16(11)20-13(3)25)18(26)21-15-7-5-12(2)17(9-15)24-10-19-22-23-24/h4-10H,1-3H3,(H,20,25)(H,21,26). The lowest BCUT2D eigenvalue weighted by Crippen LogP contribution is -2.14. The van der Waals surface area contributed by atoms with Crippen molar-refractivity contribution in [3.05, 3.63) is 59.4 Å². The van der Waals surface area contributed by atoms with E-state index in [2.05, 4.69) is 26.2 Å². The summed E-state index contributed by atoms with van der Waals surface area (Å²) in [6.07, 6.45) is 1.49. The molecule has 0 atom stereocenters. The molecule has 1 heterocycles. The molecule has 0 saturated heterocycles. The molecule has 0 aliphatic heterocycles. The summed E-state index contributed by atoms with van der Waals surface area (Å²) in [6, 6.07) is 10.7. The van der Waals surface area contributed by atoms with Gasteiger partial charge < -0.3 is 10.6 Å². The Morgan fingerprint density at radius 2 is 1.77 bits per heavy atom. The van der Waals surface area contributed by atoms with E-state index in [9.17, 15) is 9.59 Å². The number of benzene rings is 2. The minimum absolute atomic E-state index is 0.185. The van der Waals surface area contributed by atoms with Crippen LogP contribution in [0, 0.1) is 13.8 Å². The summed E-state index contributed by atoms with van der Waals surface area (Å²) in [6.45, 7) is 5.23. The first kappa shape index (κ1) is 17.3. The zero-order valence-corrected chi connectivity index (χ0v) is 14.6. The van der Waals surface area contributed by atoms with Crippen LogP contribution in [0.15, 0.2) is 42.7 Å². The summed E-state index contributed by atoms with van der Waals surface area (Å²) >= 11 is 0. The van der Waals surface area contributed by atoms with Crippen molar-refractivity contribution < 1.29 is 9.59 Å². The van der Waals surface area contributed by atoms with Crippen molar-refractivity contribution in [2.24, 2.45) is 0 Å². The Hall–Kier alpha value is -3.55. The maximum absolute atomic E-state index is 12.6. The van der Waals surface area contributed by atoms with Crippen molar-refractivity contribution in [1.29, 1.82) is 0 Å². The smallest absolute Gasteiger partial charge is 0.255 e. The van der Waals surface area contributed by atoms with Crippen LogP contribution < -0.4 is 10.6 Å². The van der Waals surface area contributed by atoms with Gasteiger partial charge in [-0.3, -0.25) is 9.59 Å². The first-order valence-corrected chi connectivity index (χ1v) is 7.97. The molecule has 3 aromatic rings. The highest BCUT2D eigenvalue weighted by molar-refractivity contribution is 6.05. The Bertz CT molecular complexity index is 966. The van der Waals surface area contributed by atoms with Crippen LogP contribution in [0.5, 0.6) is 0 Å².